The Hall–Kier alpha value is -4.43. The van der Waals surface area contributed by atoms with E-state index in [4.69, 9.17) is 4.42 Å². The van der Waals surface area contributed by atoms with Gasteiger partial charge in [0.25, 0.3) is 0 Å². The Bertz CT molecular complexity index is 3220. The van der Waals surface area contributed by atoms with Crippen LogP contribution in [0.15, 0.2) is 59.0 Å². The Balaban J connectivity index is 1.56. The summed E-state index contributed by atoms with van der Waals surface area (Å²) in [7, 11) is 35.3. The van der Waals surface area contributed by atoms with Gasteiger partial charge in [-0.15, -0.1) is 38.2 Å². The molecule has 0 aliphatic heterocycles. The van der Waals surface area contributed by atoms with E-state index in [9.17, 15) is 0 Å². The van der Waals surface area contributed by atoms with E-state index in [1.165, 1.54) is 153 Å². The summed E-state index contributed by atoms with van der Waals surface area (Å²) in [6.45, 7) is 0. The van der Waals surface area contributed by atoms with Gasteiger partial charge in [0.05, 0.1) is 0 Å². The van der Waals surface area contributed by atoms with Crippen molar-refractivity contribution in [2.75, 3.05) is 0 Å². The second-order valence-electron chi connectivity index (χ2n) is 17.3. The quantitative estimate of drug-likeness (QED) is 0.129. The molecule has 56 heavy (non-hydrogen) atoms. The zero-order valence-corrected chi connectivity index (χ0v) is 36.1. The van der Waals surface area contributed by atoms with Gasteiger partial charge < -0.3 is 4.42 Å². The molecule has 9 rings (SSSR count). The zero-order chi connectivity index (χ0) is 40.0. The third-order valence-electron chi connectivity index (χ3n) is 15.1. The lowest BCUT2D eigenvalue weighted by Crippen LogP contribution is -2.53. The number of benzene rings is 8. The van der Waals surface area contributed by atoms with Gasteiger partial charge in [0.2, 0.25) is 0 Å². The number of hydrogen-bond acceptors (Lipinski definition) is 1. The molecule has 1 aromatic heterocycles. The first-order valence-electron chi connectivity index (χ1n) is 20.4. The molecule has 0 aliphatic rings. The molecule has 0 atom stereocenters. The maximum absolute atomic E-state index is 6.77. The molecule has 0 saturated heterocycles. The summed E-state index contributed by atoms with van der Waals surface area (Å²) in [6.07, 6.45) is 0. The molecule has 0 unspecified atom stereocenters. The molecular formula is C40H39B15O. The van der Waals surface area contributed by atoms with Gasteiger partial charge in [0.15, 0.2) is 0 Å². The van der Waals surface area contributed by atoms with Crippen molar-refractivity contribution in [1.29, 1.82) is 0 Å². The smallest absolute Gasteiger partial charge is 0.139 e. The molecule has 0 N–H and O–H groups in total. The Morgan fingerprint density at radius 2 is 0.661 bits per heavy atom. The average molecular weight is 698 g/mol. The van der Waals surface area contributed by atoms with Crippen molar-refractivity contribution in [3.63, 3.8) is 0 Å². The van der Waals surface area contributed by atoms with Crippen molar-refractivity contribution >= 4 is 265 Å². The molecule has 1 nitrogen and oxygen atoms in total. The first-order chi connectivity index (χ1) is 26.6. The van der Waals surface area contributed by atoms with E-state index in [0.717, 1.165) is 16.6 Å². The maximum Gasteiger partial charge on any atom is 0.139 e. The molecule has 0 amide bonds. The Morgan fingerprint density at radius 1 is 0.286 bits per heavy atom. The fraction of sp³-hybridized carbons (Fsp3) is 0. The number of rotatable bonds is 2. The third-order valence-corrected chi connectivity index (χ3v) is 15.1. The summed E-state index contributed by atoms with van der Waals surface area (Å²) in [5, 5.41) is 13.1. The largest absolute Gasteiger partial charge is 0.456 e. The molecular weight excluding hydrogens is 659 g/mol. The third kappa shape index (κ3) is 4.83. The SMILES string of the molecule is Bc1c(B)c(B)c2c(-c3c4c(B)c(B)c(B)c(B)c4c(-c4ccc5c(c4)oc4cc6ccccc6cc45)c4c(B)c(B)c(B)c(B)c34)c(B)c(B)c(B)c2c1B. The fourth-order valence-corrected chi connectivity index (χ4v) is 10.5. The van der Waals surface area contributed by atoms with Gasteiger partial charge in [0.1, 0.15) is 129 Å². The van der Waals surface area contributed by atoms with Crippen molar-refractivity contribution in [1.82, 2.24) is 0 Å². The van der Waals surface area contributed by atoms with Crippen molar-refractivity contribution in [2.45, 2.75) is 0 Å². The van der Waals surface area contributed by atoms with Crippen molar-refractivity contribution in [2.24, 2.45) is 0 Å². The van der Waals surface area contributed by atoms with Crippen LogP contribution in [0.4, 0.5) is 0 Å². The predicted molar refractivity (Wildman–Crippen MR) is 297 cm³/mol. The van der Waals surface area contributed by atoms with Crippen LogP contribution in [0.5, 0.6) is 0 Å². The van der Waals surface area contributed by atoms with E-state index < -0.39 is 0 Å². The Kier molecular flexibility index (Phi) is 8.49. The summed E-state index contributed by atoms with van der Waals surface area (Å²) in [5.74, 6) is 0. The molecule has 16 heteroatoms. The van der Waals surface area contributed by atoms with Gasteiger partial charge in [-0.1, -0.05) is 74.0 Å². The van der Waals surface area contributed by atoms with Crippen LogP contribution in [0.1, 0.15) is 0 Å². The van der Waals surface area contributed by atoms with Gasteiger partial charge in [-0.2, -0.15) is 0 Å². The lowest BCUT2D eigenvalue weighted by atomic mass is 9.56. The van der Waals surface area contributed by atoms with E-state index in [2.05, 4.69) is 172 Å². The molecule has 0 spiro atoms. The van der Waals surface area contributed by atoms with Crippen LogP contribution >= 0.6 is 0 Å². The highest BCUT2D eigenvalue weighted by Crippen LogP contribution is 2.43. The molecule has 0 radical (unpaired) electrons. The van der Waals surface area contributed by atoms with Crippen LogP contribution in [0.2, 0.25) is 0 Å². The molecule has 8 aromatic carbocycles. The van der Waals surface area contributed by atoms with Crippen LogP contribution in [0.25, 0.3) is 87.3 Å². The lowest BCUT2D eigenvalue weighted by molar-refractivity contribution is 0.669. The van der Waals surface area contributed by atoms with Crippen LogP contribution in [-0.2, 0) is 0 Å². The van der Waals surface area contributed by atoms with Gasteiger partial charge >= 0.3 is 0 Å². The maximum atomic E-state index is 6.77. The number of furan rings is 1. The average Bonchev–Trinajstić information content (AvgIpc) is 3.55. The van der Waals surface area contributed by atoms with Crippen molar-refractivity contribution < 1.29 is 4.42 Å². The predicted octanol–water partition coefficient (Wildman–Crippen LogP) is -14.6. The highest BCUT2D eigenvalue weighted by molar-refractivity contribution is 6.75. The Morgan fingerprint density at radius 3 is 1.14 bits per heavy atom. The topological polar surface area (TPSA) is 13.1 Å². The van der Waals surface area contributed by atoms with E-state index in [-0.39, 0.29) is 0 Å². The minimum atomic E-state index is 0.933. The van der Waals surface area contributed by atoms with Gasteiger partial charge in [-0.25, -0.2) is 0 Å². The number of fused-ring (bicyclic) bond motifs is 7. The monoisotopic (exact) mass is 700 g/mol. The highest BCUT2D eigenvalue weighted by Gasteiger charge is 2.28. The number of hydrogen-bond donors (Lipinski definition) is 0. The standard InChI is InChI=1S/C40H39B15O/c41-26-19-17(12-5-6-13-14-7-10-3-1-2-4-11(10)8-16(14)56-15(13)9-12)20-22(30(45)38(53)36(51)27(20)42)18(21(19)29(44)37(52)35(26)50)23-24-25(32(47)34(49)28(23)43)33(48)40(55)39(54)31(24)46/h1-9H,41-55H2. The minimum absolute atomic E-state index is 0.933. The molecule has 250 valence electrons. The molecule has 9 aromatic rings. The summed E-state index contributed by atoms with van der Waals surface area (Å²) in [4.78, 5) is 0. The second-order valence-corrected chi connectivity index (χ2v) is 17.3. The van der Waals surface area contributed by atoms with Crippen LogP contribution in [0, 0.1) is 0 Å². The van der Waals surface area contributed by atoms with Crippen molar-refractivity contribution in [3.05, 3.63) is 54.6 Å². The van der Waals surface area contributed by atoms with Gasteiger partial charge in [-0.3, -0.25) is 0 Å². The van der Waals surface area contributed by atoms with Crippen LogP contribution in [-0.4, -0.2) is 118 Å². The highest BCUT2D eigenvalue weighted by atomic mass is 16.3. The normalized spacial score (nSPS) is 11.9. The summed E-state index contributed by atoms with van der Waals surface area (Å²) in [6, 6.07) is 20.1. The summed E-state index contributed by atoms with van der Waals surface area (Å²) >= 11 is 0. The lowest BCUT2D eigenvalue weighted by Gasteiger charge is -2.31. The molecule has 0 aliphatic carbocycles. The fourth-order valence-electron chi connectivity index (χ4n) is 10.5. The Labute approximate surface area is 344 Å². The van der Waals surface area contributed by atoms with Gasteiger partial charge in [-0.05, 0) is 89.6 Å². The zero-order valence-electron chi connectivity index (χ0n) is 36.1. The first kappa shape index (κ1) is 37.2. The first-order valence-corrected chi connectivity index (χ1v) is 20.4. The van der Waals surface area contributed by atoms with E-state index in [1.807, 2.05) is 0 Å². The molecule has 1 heterocycles. The van der Waals surface area contributed by atoms with E-state index >= 15 is 0 Å². The van der Waals surface area contributed by atoms with Crippen LogP contribution in [0.3, 0.4) is 0 Å². The molecule has 0 bridgehead atoms. The van der Waals surface area contributed by atoms with Gasteiger partial charge in [0, 0.05) is 10.8 Å². The van der Waals surface area contributed by atoms with E-state index in [1.54, 1.807) is 0 Å². The summed E-state index contributed by atoms with van der Waals surface area (Å²) < 4.78 is 6.77. The molecule has 0 saturated carbocycles. The molecule has 0 fully saturated rings. The van der Waals surface area contributed by atoms with Crippen LogP contribution < -0.4 is 81.9 Å². The second kappa shape index (κ2) is 12.8. The van der Waals surface area contributed by atoms with E-state index in [0.29, 0.717) is 0 Å². The van der Waals surface area contributed by atoms with Crippen molar-refractivity contribution in [3.8, 4) is 22.3 Å². The summed E-state index contributed by atoms with van der Waals surface area (Å²) in [5.41, 5.74) is 28.0. The minimum Gasteiger partial charge on any atom is -0.456 e.